The Hall–Kier alpha value is -2.14. The molecule has 26 heavy (non-hydrogen) atoms. The largest absolute Gasteiger partial charge is 0.497 e. The first kappa shape index (κ1) is 18.6. The second-order valence-electron chi connectivity index (χ2n) is 6.60. The number of carbonyl (C=O) groups is 1. The van der Waals surface area contributed by atoms with Gasteiger partial charge in [-0.25, -0.2) is 0 Å². The van der Waals surface area contributed by atoms with Crippen molar-refractivity contribution >= 4 is 23.4 Å². The average molecular weight is 371 g/mol. The molecule has 0 unspecified atom stereocenters. The highest BCUT2D eigenvalue weighted by molar-refractivity contribution is 8.00. The van der Waals surface area contributed by atoms with Gasteiger partial charge >= 0.3 is 0 Å². The fourth-order valence-corrected chi connectivity index (χ4v) is 3.94. The van der Waals surface area contributed by atoms with Crippen molar-refractivity contribution in [2.75, 3.05) is 43.9 Å². The molecule has 0 bridgehead atoms. The van der Waals surface area contributed by atoms with Gasteiger partial charge in [-0.05, 0) is 61.4 Å². The normalized spacial score (nSPS) is 14.4. The Morgan fingerprint density at radius 2 is 1.69 bits per heavy atom. The fraction of sp³-hybridized carbons (Fsp3) is 0.381. The van der Waals surface area contributed by atoms with Crippen LogP contribution in [-0.4, -0.2) is 49.8 Å². The molecule has 0 aromatic heterocycles. The van der Waals surface area contributed by atoms with E-state index in [4.69, 9.17) is 4.74 Å². The fourth-order valence-electron chi connectivity index (χ4n) is 3.05. The van der Waals surface area contributed by atoms with Crippen molar-refractivity contribution < 1.29 is 9.53 Å². The van der Waals surface area contributed by atoms with E-state index < -0.39 is 0 Å². The summed E-state index contributed by atoms with van der Waals surface area (Å²) in [6, 6.07) is 14.5. The molecule has 1 aliphatic heterocycles. The molecule has 0 N–H and O–H groups in total. The van der Waals surface area contributed by atoms with E-state index in [1.54, 1.807) is 18.9 Å². The van der Waals surface area contributed by atoms with Crippen LogP contribution in [0, 0.1) is 13.8 Å². The molecule has 1 heterocycles. The smallest absolute Gasteiger partial charge is 0.233 e. The minimum Gasteiger partial charge on any atom is -0.497 e. The zero-order chi connectivity index (χ0) is 18.5. The number of hydrogen-bond acceptors (Lipinski definition) is 4. The molecular formula is C21H26N2O2S. The molecule has 1 amide bonds. The van der Waals surface area contributed by atoms with Crippen molar-refractivity contribution in [1.82, 2.24) is 4.90 Å². The number of benzene rings is 2. The van der Waals surface area contributed by atoms with Crippen LogP contribution in [0.5, 0.6) is 5.75 Å². The highest BCUT2D eigenvalue weighted by Crippen LogP contribution is 2.23. The third-order valence-electron chi connectivity index (χ3n) is 4.91. The van der Waals surface area contributed by atoms with Crippen molar-refractivity contribution in [3.8, 4) is 5.75 Å². The third-order valence-corrected chi connectivity index (χ3v) is 5.89. The Morgan fingerprint density at radius 1 is 1.00 bits per heavy atom. The van der Waals surface area contributed by atoms with Gasteiger partial charge in [0.1, 0.15) is 5.75 Å². The summed E-state index contributed by atoms with van der Waals surface area (Å²) in [5, 5.41) is 0. The Balaban J connectivity index is 1.49. The Morgan fingerprint density at radius 3 is 2.31 bits per heavy atom. The number of ether oxygens (including phenoxy) is 1. The molecule has 5 heteroatoms. The monoisotopic (exact) mass is 370 g/mol. The molecule has 2 aromatic carbocycles. The molecule has 4 nitrogen and oxygen atoms in total. The van der Waals surface area contributed by atoms with Crippen molar-refractivity contribution in [2.45, 2.75) is 18.7 Å². The van der Waals surface area contributed by atoms with Gasteiger partial charge < -0.3 is 14.5 Å². The van der Waals surface area contributed by atoms with Gasteiger partial charge in [0.25, 0.3) is 0 Å². The van der Waals surface area contributed by atoms with Gasteiger partial charge in [0.15, 0.2) is 0 Å². The Kier molecular flexibility index (Phi) is 6.09. The molecule has 0 aliphatic carbocycles. The summed E-state index contributed by atoms with van der Waals surface area (Å²) >= 11 is 1.63. The summed E-state index contributed by atoms with van der Waals surface area (Å²) < 4.78 is 5.21. The Bertz CT molecular complexity index is 753. The van der Waals surface area contributed by atoms with E-state index in [9.17, 15) is 4.79 Å². The second kappa shape index (κ2) is 8.49. The molecule has 2 aromatic rings. The lowest BCUT2D eigenvalue weighted by atomic mass is 10.1. The maximum Gasteiger partial charge on any atom is 0.233 e. The van der Waals surface area contributed by atoms with Crippen LogP contribution in [0.1, 0.15) is 11.1 Å². The number of anilines is 1. The maximum absolute atomic E-state index is 12.5. The summed E-state index contributed by atoms with van der Waals surface area (Å²) in [7, 11) is 1.68. The van der Waals surface area contributed by atoms with Gasteiger partial charge in [0, 0.05) is 36.8 Å². The number of thioether (sulfide) groups is 1. The topological polar surface area (TPSA) is 32.8 Å². The van der Waals surface area contributed by atoms with E-state index in [1.807, 2.05) is 17.0 Å². The summed E-state index contributed by atoms with van der Waals surface area (Å²) in [4.78, 5) is 18.0. The number of amides is 1. The molecule has 1 fully saturated rings. The van der Waals surface area contributed by atoms with Crippen LogP contribution in [-0.2, 0) is 4.79 Å². The lowest BCUT2D eigenvalue weighted by molar-refractivity contribution is -0.128. The van der Waals surface area contributed by atoms with Crippen LogP contribution in [0.15, 0.2) is 47.4 Å². The Labute approximate surface area is 160 Å². The zero-order valence-corrected chi connectivity index (χ0v) is 16.5. The van der Waals surface area contributed by atoms with Crippen LogP contribution in [0.4, 0.5) is 5.69 Å². The summed E-state index contributed by atoms with van der Waals surface area (Å²) in [5.41, 5.74) is 3.74. The molecule has 0 atom stereocenters. The van der Waals surface area contributed by atoms with E-state index >= 15 is 0 Å². The highest BCUT2D eigenvalue weighted by atomic mass is 32.2. The van der Waals surface area contributed by atoms with Crippen LogP contribution in [0.2, 0.25) is 0 Å². The van der Waals surface area contributed by atoms with Gasteiger partial charge in [-0.3, -0.25) is 4.79 Å². The van der Waals surface area contributed by atoms with E-state index in [1.165, 1.54) is 21.7 Å². The van der Waals surface area contributed by atoms with Crippen molar-refractivity contribution in [3.63, 3.8) is 0 Å². The van der Waals surface area contributed by atoms with Crippen molar-refractivity contribution in [3.05, 3.63) is 53.6 Å². The number of hydrogen-bond donors (Lipinski definition) is 0. The first-order valence-corrected chi connectivity index (χ1v) is 9.92. The molecule has 1 saturated heterocycles. The van der Waals surface area contributed by atoms with Gasteiger partial charge in [0.2, 0.25) is 5.91 Å². The molecule has 0 radical (unpaired) electrons. The lowest BCUT2D eigenvalue weighted by Crippen LogP contribution is -2.49. The maximum atomic E-state index is 12.5. The lowest BCUT2D eigenvalue weighted by Gasteiger charge is -2.36. The summed E-state index contributed by atoms with van der Waals surface area (Å²) in [6.07, 6.45) is 0. The third kappa shape index (κ3) is 4.52. The number of methoxy groups -OCH3 is 1. The van der Waals surface area contributed by atoms with Gasteiger partial charge in [-0.1, -0.05) is 6.07 Å². The van der Waals surface area contributed by atoms with E-state index in [2.05, 4.69) is 49.1 Å². The molecule has 3 rings (SSSR count). The summed E-state index contributed by atoms with van der Waals surface area (Å²) in [6.45, 7) is 7.51. The number of rotatable bonds is 5. The number of piperazine rings is 1. The first-order valence-electron chi connectivity index (χ1n) is 8.93. The predicted octanol–water partition coefficient (Wildman–Crippen LogP) is 3.75. The van der Waals surface area contributed by atoms with Crippen molar-refractivity contribution in [1.29, 1.82) is 0 Å². The molecule has 1 aliphatic rings. The minimum absolute atomic E-state index is 0.225. The van der Waals surface area contributed by atoms with Gasteiger partial charge in [0.05, 0.1) is 12.9 Å². The minimum atomic E-state index is 0.225. The number of carbonyl (C=O) groups excluding carboxylic acids is 1. The summed E-state index contributed by atoms with van der Waals surface area (Å²) in [5.74, 6) is 1.60. The van der Waals surface area contributed by atoms with E-state index in [0.717, 1.165) is 31.9 Å². The molecule has 138 valence electrons. The zero-order valence-electron chi connectivity index (χ0n) is 15.7. The predicted molar refractivity (Wildman–Crippen MR) is 108 cm³/mol. The first-order chi connectivity index (χ1) is 12.6. The van der Waals surface area contributed by atoms with Crippen LogP contribution in [0.3, 0.4) is 0 Å². The van der Waals surface area contributed by atoms with E-state index in [0.29, 0.717) is 5.75 Å². The van der Waals surface area contributed by atoms with Crippen LogP contribution >= 0.6 is 11.8 Å². The number of aryl methyl sites for hydroxylation is 2. The van der Waals surface area contributed by atoms with Gasteiger partial charge in [-0.2, -0.15) is 0 Å². The van der Waals surface area contributed by atoms with Crippen LogP contribution in [0.25, 0.3) is 0 Å². The van der Waals surface area contributed by atoms with Crippen molar-refractivity contribution in [2.24, 2.45) is 0 Å². The highest BCUT2D eigenvalue weighted by Gasteiger charge is 2.21. The molecular weight excluding hydrogens is 344 g/mol. The molecule has 0 saturated carbocycles. The average Bonchev–Trinajstić information content (AvgIpc) is 2.69. The second-order valence-corrected chi connectivity index (χ2v) is 7.65. The van der Waals surface area contributed by atoms with Crippen LogP contribution < -0.4 is 9.64 Å². The SMILES string of the molecule is COc1ccc(N2CCN(C(=O)CSc3ccc(C)c(C)c3)CC2)cc1. The molecule has 0 spiro atoms. The number of nitrogens with zero attached hydrogens (tertiary/aromatic N) is 2. The van der Waals surface area contributed by atoms with Gasteiger partial charge in [-0.15, -0.1) is 11.8 Å². The van der Waals surface area contributed by atoms with E-state index in [-0.39, 0.29) is 5.91 Å². The quantitative estimate of drug-likeness (QED) is 0.751. The standard InChI is InChI=1S/C21H26N2O2S/c1-16-4-9-20(14-17(16)2)26-15-21(24)23-12-10-22(11-13-23)18-5-7-19(25-3)8-6-18/h4-9,14H,10-13,15H2,1-3H3.